The van der Waals surface area contributed by atoms with Gasteiger partial charge in [-0.1, -0.05) is 29.8 Å². The molecule has 0 saturated carbocycles. The molecule has 132 valence electrons. The van der Waals surface area contributed by atoms with E-state index in [2.05, 4.69) is 10.6 Å². The van der Waals surface area contributed by atoms with Gasteiger partial charge in [-0.15, -0.1) is 11.3 Å². The van der Waals surface area contributed by atoms with Crippen LogP contribution in [0.3, 0.4) is 0 Å². The largest absolute Gasteiger partial charge is 0.488 e. The lowest BCUT2D eigenvalue weighted by Gasteiger charge is -2.09. The highest BCUT2D eigenvalue weighted by Crippen LogP contribution is 2.19. The van der Waals surface area contributed by atoms with E-state index in [0.717, 1.165) is 4.88 Å². The topological polar surface area (TPSA) is 67.4 Å². The zero-order valence-corrected chi connectivity index (χ0v) is 15.1. The second-order valence-corrected chi connectivity index (χ2v) is 6.72. The first-order valence-electron chi connectivity index (χ1n) is 7.74. The maximum absolute atomic E-state index is 12.0. The van der Waals surface area contributed by atoms with Crippen molar-refractivity contribution in [2.24, 2.45) is 0 Å². The Morgan fingerprint density at radius 3 is 2.46 bits per heavy atom. The molecule has 0 atom stereocenters. The summed E-state index contributed by atoms with van der Waals surface area (Å²) in [4.78, 5) is 25.1. The van der Waals surface area contributed by atoms with E-state index >= 15 is 0 Å². The Balaban J connectivity index is 1.52. The van der Waals surface area contributed by atoms with Crippen LogP contribution in [0.5, 0.6) is 5.75 Å². The maximum atomic E-state index is 12.0. The number of ether oxygens (including phenoxy) is 1. The van der Waals surface area contributed by atoms with E-state index in [-0.39, 0.29) is 10.6 Å². The number of amides is 3. The zero-order valence-electron chi connectivity index (χ0n) is 13.6. The van der Waals surface area contributed by atoms with Crippen LogP contribution < -0.4 is 15.4 Å². The van der Waals surface area contributed by atoms with Crippen LogP contribution in [0.1, 0.15) is 15.2 Å². The van der Waals surface area contributed by atoms with Crippen LogP contribution in [0.2, 0.25) is 5.02 Å². The predicted molar refractivity (Wildman–Crippen MR) is 103 cm³/mol. The Morgan fingerprint density at radius 2 is 1.77 bits per heavy atom. The molecule has 0 aliphatic heterocycles. The lowest BCUT2D eigenvalue weighted by atomic mass is 10.2. The average molecular weight is 387 g/mol. The van der Waals surface area contributed by atoms with Gasteiger partial charge < -0.3 is 10.1 Å². The Labute approximate surface area is 159 Å². The normalized spacial score (nSPS) is 10.2. The maximum Gasteiger partial charge on any atom is 0.326 e. The van der Waals surface area contributed by atoms with Gasteiger partial charge in [0.25, 0.3) is 5.91 Å². The second-order valence-electron chi connectivity index (χ2n) is 5.28. The molecule has 26 heavy (non-hydrogen) atoms. The number of imide groups is 1. The summed E-state index contributed by atoms with van der Waals surface area (Å²) >= 11 is 7.57. The van der Waals surface area contributed by atoms with Crippen LogP contribution >= 0.6 is 22.9 Å². The van der Waals surface area contributed by atoms with E-state index in [1.54, 1.807) is 59.9 Å². The molecule has 3 aromatic rings. The molecule has 2 aromatic carbocycles. The number of urea groups is 1. The van der Waals surface area contributed by atoms with E-state index in [4.69, 9.17) is 16.3 Å². The fourth-order valence-electron chi connectivity index (χ4n) is 2.16. The van der Waals surface area contributed by atoms with Crippen molar-refractivity contribution >= 4 is 40.6 Å². The molecule has 0 unspecified atom stereocenters. The minimum atomic E-state index is -0.637. The number of benzene rings is 2. The first-order chi connectivity index (χ1) is 12.6. The Hall–Kier alpha value is -2.83. The highest BCUT2D eigenvalue weighted by Gasteiger charge is 2.13. The molecular weight excluding hydrogens is 372 g/mol. The van der Waals surface area contributed by atoms with Gasteiger partial charge in [0, 0.05) is 10.6 Å². The molecular formula is C19H15ClN2O3S. The Bertz CT molecular complexity index is 895. The van der Waals surface area contributed by atoms with Gasteiger partial charge in [-0.05, 0) is 47.8 Å². The van der Waals surface area contributed by atoms with E-state index in [0.29, 0.717) is 18.0 Å². The SMILES string of the molecule is O=C(NC(=O)c1ccccc1Cl)Nc1ccc(OCc2cccs2)cc1. The van der Waals surface area contributed by atoms with E-state index in [9.17, 15) is 9.59 Å². The number of carbonyl (C=O) groups excluding carboxylic acids is 2. The van der Waals surface area contributed by atoms with Gasteiger partial charge in [-0.3, -0.25) is 10.1 Å². The summed E-state index contributed by atoms with van der Waals surface area (Å²) in [6.07, 6.45) is 0. The molecule has 0 spiro atoms. The van der Waals surface area contributed by atoms with Crippen LogP contribution in [-0.4, -0.2) is 11.9 Å². The van der Waals surface area contributed by atoms with Crippen molar-refractivity contribution in [3.05, 3.63) is 81.5 Å². The van der Waals surface area contributed by atoms with Crippen molar-refractivity contribution in [1.29, 1.82) is 0 Å². The van der Waals surface area contributed by atoms with E-state index in [1.165, 1.54) is 0 Å². The molecule has 3 rings (SSSR count). The van der Waals surface area contributed by atoms with Gasteiger partial charge in [0.05, 0.1) is 10.6 Å². The second kappa shape index (κ2) is 8.51. The molecule has 3 amide bonds. The summed E-state index contributed by atoms with van der Waals surface area (Å²) in [6, 6.07) is 16.7. The molecule has 1 aromatic heterocycles. The number of halogens is 1. The monoisotopic (exact) mass is 386 g/mol. The summed E-state index contributed by atoms with van der Waals surface area (Å²) in [7, 11) is 0. The first-order valence-corrected chi connectivity index (χ1v) is 9.00. The highest BCUT2D eigenvalue weighted by atomic mass is 35.5. The number of nitrogens with one attached hydrogen (secondary N) is 2. The van der Waals surface area contributed by atoms with E-state index < -0.39 is 11.9 Å². The van der Waals surface area contributed by atoms with Crippen LogP contribution in [0, 0.1) is 0 Å². The molecule has 0 saturated heterocycles. The summed E-state index contributed by atoms with van der Waals surface area (Å²) in [5.41, 5.74) is 0.777. The molecule has 0 aliphatic carbocycles. The smallest absolute Gasteiger partial charge is 0.326 e. The number of carbonyl (C=O) groups is 2. The third-order valence-electron chi connectivity index (χ3n) is 3.42. The van der Waals surface area contributed by atoms with Crippen molar-refractivity contribution in [1.82, 2.24) is 5.32 Å². The Kier molecular flexibility index (Phi) is 5.88. The fraction of sp³-hybridized carbons (Fsp3) is 0.0526. The number of thiophene rings is 1. The summed E-state index contributed by atoms with van der Waals surface area (Å²) in [5.74, 6) is 0.125. The van der Waals surface area contributed by atoms with Crippen LogP contribution in [0.25, 0.3) is 0 Å². The predicted octanol–water partition coefficient (Wildman–Crippen LogP) is 4.94. The molecule has 1 heterocycles. The van der Waals surface area contributed by atoms with Crippen molar-refractivity contribution in [3.63, 3.8) is 0 Å². The zero-order chi connectivity index (χ0) is 18.4. The number of hydrogen-bond acceptors (Lipinski definition) is 4. The fourth-order valence-corrected chi connectivity index (χ4v) is 3.00. The molecule has 0 aliphatic rings. The van der Waals surface area contributed by atoms with Crippen molar-refractivity contribution < 1.29 is 14.3 Å². The molecule has 0 fully saturated rings. The van der Waals surface area contributed by atoms with Crippen LogP contribution in [0.4, 0.5) is 10.5 Å². The third-order valence-corrected chi connectivity index (χ3v) is 4.60. The summed E-state index contributed by atoms with van der Waals surface area (Å²) < 4.78 is 5.66. The summed E-state index contributed by atoms with van der Waals surface area (Å²) in [5, 5.41) is 7.11. The number of rotatable bonds is 5. The minimum Gasteiger partial charge on any atom is -0.488 e. The lowest BCUT2D eigenvalue weighted by molar-refractivity contribution is 0.0967. The average Bonchev–Trinajstić information content (AvgIpc) is 3.15. The van der Waals surface area contributed by atoms with Crippen LogP contribution in [0.15, 0.2) is 66.0 Å². The van der Waals surface area contributed by atoms with Gasteiger partial charge in [0.15, 0.2) is 0 Å². The summed E-state index contributed by atoms with van der Waals surface area (Å²) in [6.45, 7) is 0.497. The standard InChI is InChI=1S/C19H15ClN2O3S/c20-17-6-2-1-5-16(17)18(23)22-19(24)21-13-7-9-14(10-8-13)25-12-15-4-3-11-26-15/h1-11H,12H2,(H2,21,22,23,24). The van der Waals surface area contributed by atoms with Crippen molar-refractivity contribution in [2.45, 2.75) is 6.61 Å². The van der Waals surface area contributed by atoms with Gasteiger partial charge in [-0.25, -0.2) is 4.79 Å². The highest BCUT2D eigenvalue weighted by molar-refractivity contribution is 7.09. The lowest BCUT2D eigenvalue weighted by Crippen LogP contribution is -2.34. The number of anilines is 1. The van der Waals surface area contributed by atoms with E-state index in [1.807, 2.05) is 17.5 Å². The number of hydrogen-bond donors (Lipinski definition) is 2. The van der Waals surface area contributed by atoms with Gasteiger partial charge in [0.1, 0.15) is 12.4 Å². The third kappa shape index (κ3) is 4.84. The minimum absolute atomic E-state index is 0.238. The first kappa shape index (κ1) is 18.0. The molecule has 5 nitrogen and oxygen atoms in total. The molecule has 0 bridgehead atoms. The van der Waals surface area contributed by atoms with Crippen LogP contribution in [-0.2, 0) is 6.61 Å². The molecule has 7 heteroatoms. The Morgan fingerprint density at radius 1 is 1.00 bits per heavy atom. The van der Waals surface area contributed by atoms with Crippen molar-refractivity contribution in [2.75, 3.05) is 5.32 Å². The van der Waals surface area contributed by atoms with Crippen molar-refractivity contribution in [3.8, 4) is 5.75 Å². The van der Waals surface area contributed by atoms with Gasteiger partial charge in [0.2, 0.25) is 0 Å². The van der Waals surface area contributed by atoms with Gasteiger partial charge in [-0.2, -0.15) is 0 Å². The quantitative estimate of drug-likeness (QED) is 0.652. The molecule has 2 N–H and O–H groups in total. The van der Waals surface area contributed by atoms with Gasteiger partial charge >= 0.3 is 6.03 Å². The molecule has 0 radical (unpaired) electrons.